The second kappa shape index (κ2) is 9.73. The minimum atomic E-state index is -0.597. The van der Waals surface area contributed by atoms with Gasteiger partial charge in [-0.3, -0.25) is 9.59 Å². The Morgan fingerprint density at radius 3 is 2.59 bits per heavy atom. The van der Waals surface area contributed by atoms with Crippen LogP contribution in [0.2, 0.25) is 0 Å². The van der Waals surface area contributed by atoms with Gasteiger partial charge in [-0.2, -0.15) is 0 Å². The summed E-state index contributed by atoms with van der Waals surface area (Å²) < 4.78 is 10.1. The van der Waals surface area contributed by atoms with Gasteiger partial charge in [0.2, 0.25) is 0 Å². The van der Waals surface area contributed by atoms with E-state index in [0.29, 0.717) is 29.9 Å². The molecule has 1 aromatic rings. The van der Waals surface area contributed by atoms with Gasteiger partial charge < -0.3 is 19.7 Å². The van der Waals surface area contributed by atoms with Crippen molar-refractivity contribution in [2.24, 2.45) is 5.92 Å². The average molecular weight is 372 g/mol. The number of hydrogen-bond donors (Lipinski definition) is 2. The highest BCUT2D eigenvalue weighted by molar-refractivity contribution is 6.09. The maximum Gasteiger partial charge on any atom is 0.163 e. The molecule has 0 bridgehead atoms. The molecule has 2 N–H and O–H groups in total. The Morgan fingerprint density at radius 2 is 1.89 bits per heavy atom. The maximum absolute atomic E-state index is 12.0. The molecule has 1 aliphatic carbocycles. The third-order valence-corrected chi connectivity index (χ3v) is 4.26. The van der Waals surface area contributed by atoms with Gasteiger partial charge in [0, 0.05) is 0 Å². The van der Waals surface area contributed by atoms with E-state index >= 15 is 0 Å². The number of aliphatic hydroxyl groups excluding tert-OH is 1. The molecule has 6 heteroatoms. The highest BCUT2D eigenvalue weighted by atomic mass is 16.5. The molecule has 6 nitrogen and oxygen atoms in total. The van der Waals surface area contributed by atoms with Gasteiger partial charge in [0.15, 0.2) is 23.1 Å². The fourth-order valence-electron chi connectivity index (χ4n) is 2.76. The number of methoxy groups -OCH3 is 2. The number of rotatable bonds is 8. The molecule has 0 radical (unpaired) electrons. The van der Waals surface area contributed by atoms with Gasteiger partial charge in [-0.05, 0) is 54.7 Å². The van der Waals surface area contributed by atoms with E-state index < -0.39 is 6.10 Å². The van der Waals surface area contributed by atoms with E-state index in [0.717, 1.165) is 0 Å². The first-order valence-electron chi connectivity index (χ1n) is 8.65. The number of hydrogen-bond acceptors (Lipinski definition) is 6. The van der Waals surface area contributed by atoms with E-state index in [1.807, 2.05) is 0 Å². The molecule has 1 aliphatic rings. The van der Waals surface area contributed by atoms with Crippen LogP contribution in [-0.4, -0.2) is 42.1 Å². The topological polar surface area (TPSA) is 93.1 Å². The number of carbonyl (C=O) groups excluding carboxylic acids is 2. The van der Waals surface area contributed by atoms with Crippen molar-refractivity contribution in [2.45, 2.75) is 25.4 Å². The molecule has 27 heavy (non-hydrogen) atoms. The Labute approximate surface area is 158 Å². The lowest BCUT2D eigenvalue weighted by atomic mass is 9.92. The summed E-state index contributed by atoms with van der Waals surface area (Å²) in [7, 11) is 2.94. The SMILES string of the molecule is COC1=CC(C=CC(=O)CC(=O)C=Cc2ccc(O)c(OC)c2)CCC1O. The van der Waals surface area contributed by atoms with Crippen LogP contribution in [0.5, 0.6) is 11.5 Å². The van der Waals surface area contributed by atoms with Crippen LogP contribution >= 0.6 is 0 Å². The van der Waals surface area contributed by atoms with Crippen LogP contribution in [0.25, 0.3) is 6.08 Å². The standard InChI is InChI=1S/C21H24O6/c1-26-20-11-14(5-9-18(20)24)3-7-16(22)13-17(23)8-4-15-6-10-19(25)21(12-15)27-2/h3-5,7-9,11-12,15,19,24-25H,6,10,13H2,1-2H3. The number of carbonyl (C=O) groups is 2. The van der Waals surface area contributed by atoms with Crippen molar-refractivity contribution in [1.82, 2.24) is 0 Å². The lowest BCUT2D eigenvalue weighted by Crippen LogP contribution is -2.19. The second-order valence-corrected chi connectivity index (χ2v) is 6.26. The van der Waals surface area contributed by atoms with Gasteiger partial charge >= 0.3 is 0 Å². The number of ketones is 2. The van der Waals surface area contributed by atoms with E-state index in [4.69, 9.17) is 9.47 Å². The second-order valence-electron chi connectivity index (χ2n) is 6.26. The molecule has 2 atom stereocenters. The van der Waals surface area contributed by atoms with Crippen molar-refractivity contribution in [3.63, 3.8) is 0 Å². The van der Waals surface area contributed by atoms with Crippen molar-refractivity contribution in [1.29, 1.82) is 0 Å². The van der Waals surface area contributed by atoms with Gasteiger partial charge in [-0.15, -0.1) is 0 Å². The van der Waals surface area contributed by atoms with Crippen LogP contribution < -0.4 is 4.74 Å². The average Bonchev–Trinajstić information content (AvgIpc) is 2.66. The molecule has 0 aromatic heterocycles. The summed E-state index contributed by atoms with van der Waals surface area (Å²) in [5, 5.41) is 19.3. The molecule has 1 aromatic carbocycles. The summed E-state index contributed by atoms with van der Waals surface area (Å²) in [6, 6.07) is 4.71. The van der Waals surface area contributed by atoms with Crippen LogP contribution in [0.3, 0.4) is 0 Å². The van der Waals surface area contributed by atoms with Crippen molar-refractivity contribution < 1.29 is 29.3 Å². The zero-order valence-electron chi connectivity index (χ0n) is 15.4. The van der Waals surface area contributed by atoms with Crippen molar-refractivity contribution in [2.75, 3.05) is 14.2 Å². The fraction of sp³-hybridized carbons (Fsp3) is 0.333. The highest BCUT2D eigenvalue weighted by Gasteiger charge is 2.20. The van der Waals surface area contributed by atoms with E-state index in [9.17, 15) is 19.8 Å². The predicted molar refractivity (Wildman–Crippen MR) is 101 cm³/mol. The normalized spacial score (nSPS) is 19.9. The van der Waals surface area contributed by atoms with E-state index in [1.165, 1.54) is 32.4 Å². The van der Waals surface area contributed by atoms with Crippen LogP contribution in [0.15, 0.2) is 48.3 Å². The van der Waals surface area contributed by atoms with E-state index in [2.05, 4.69) is 0 Å². The van der Waals surface area contributed by atoms with E-state index in [1.54, 1.807) is 30.4 Å². The molecular weight excluding hydrogens is 348 g/mol. The largest absolute Gasteiger partial charge is 0.504 e. The number of allylic oxidation sites excluding steroid dienone is 4. The van der Waals surface area contributed by atoms with E-state index in [-0.39, 0.29) is 29.7 Å². The summed E-state index contributed by atoms with van der Waals surface area (Å²) in [5.41, 5.74) is 0.680. The zero-order chi connectivity index (χ0) is 19.8. The molecule has 0 saturated heterocycles. The third kappa shape index (κ3) is 6.11. The first-order chi connectivity index (χ1) is 12.9. The third-order valence-electron chi connectivity index (χ3n) is 4.26. The summed E-state index contributed by atoms with van der Waals surface area (Å²) >= 11 is 0. The highest BCUT2D eigenvalue weighted by Crippen LogP contribution is 2.27. The molecule has 144 valence electrons. The first kappa shape index (κ1) is 20.5. The predicted octanol–water partition coefficient (Wildman–Crippen LogP) is 2.80. The lowest BCUT2D eigenvalue weighted by molar-refractivity contribution is -0.121. The molecule has 0 spiro atoms. The van der Waals surface area contributed by atoms with Crippen molar-refractivity contribution in [3.8, 4) is 11.5 Å². The van der Waals surface area contributed by atoms with Crippen LogP contribution in [0.4, 0.5) is 0 Å². The molecule has 0 saturated carbocycles. The van der Waals surface area contributed by atoms with Crippen molar-refractivity contribution in [3.05, 3.63) is 53.8 Å². The molecule has 0 amide bonds. The van der Waals surface area contributed by atoms with Crippen LogP contribution in [0.1, 0.15) is 24.8 Å². The molecule has 2 unspecified atom stereocenters. The quantitative estimate of drug-likeness (QED) is 0.538. The van der Waals surface area contributed by atoms with Gasteiger partial charge in [0.1, 0.15) is 11.9 Å². The molecular formula is C21H24O6. The summed E-state index contributed by atoms with van der Waals surface area (Å²) in [5.74, 6) is 0.233. The van der Waals surface area contributed by atoms with Gasteiger partial charge in [0.05, 0.1) is 20.6 Å². The van der Waals surface area contributed by atoms with Crippen LogP contribution in [0, 0.1) is 5.92 Å². The Kier molecular flexibility index (Phi) is 7.37. The number of ether oxygens (including phenoxy) is 2. The Morgan fingerprint density at radius 1 is 1.15 bits per heavy atom. The fourth-order valence-corrected chi connectivity index (χ4v) is 2.76. The number of aromatic hydroxyl groups is 1. The number of benzene rings is 1. The lowest BCUT2D eigenvalue weighted by Gasteiger charge is -2.22. The minimum Gasteiger partial charge on any atom is -0.504 e. The zero-order valence-corrected chi connectivity index (χ0v) is 15.4. The monoisotopic (exact) mass is 372 g/mol. The molecule has 0 heterocycles. The maximum atomic E-state index is 12.0. The van der Waals surface area contributed by atoms with Crippen molar-refractivity contribution >= 4 is 17.6 Å². The summed E-state index contributed by atoms with van der Waals surface area (Å²) in [6.07, 6.45) is 8.29. The molecule has 2 rings (SSSR count). The minimum absolute atomic E-state index is 0.00223. The number of aliphatic hydroxyl groups is 1. The van der Waals surface area contributed by atoms with Gasteiger partial charge in [-0.1, -0.05) is 18.2 Å². The summed E-state index contributed by atoms with van der Waals surface area (Å²) in [6.45, 7) is 0. The molecule has 0 fully saturated rings. The van der Waals surface area contributed by atoms with Gasteiger partial charge in [0.25, 0.3) is 0 Å². The Bertz CT molecular complexity index is 775. The Balaban J connectivity index is 1.90. The number of phenols is 1. The Hall–Kier alpha value is -2.86. The van der Waals surface area contributed by atoms with Crippen LogP contribution in [-0.2, 0) is 14.3 Å². The van der Waals surface area contributed by atoms with Gasteiger partial charge in [-0.25, -0.2) is 0 Å². The number of phenolic OH excluding ortho intramolecular Hbond substituents is 1. The molecule has 0 aliphatic heterocycles. The smallest absolute Gasteiger partial charge is 0.163 e. The first-order valence-corrected chi connectivity index (χ1v) is 8.65. The summed E-state index contributed by atoms with van der Waals surface area (Å²) in [4.78, 5) is 23.9.